The summed E-state index contributed by atoms with van der Waals surface area (Å²) < 4.78 is 42.5. The molecule has 1 aliphatic rings. The maximum atomic E-state index is 12.9. The van der Waals surface area contributed by atoms with Crippen LogP contribution in [0.15, 0.2) is 35.1 Å². The SMILES string of the molecule is O=C(c1coc(C(F)F)c1)N1CCN(c2ccc(F)cn2)CC1. The maximum absolute atomic E-state index is 12.9. The summed E-state index contributed by atoms with van der Waals surface area (Å²) >= 11 is 0. The second-order valence-electron chi connectivity index (χ2n) is 5.15. The van der Waals surface area contributed by atoms with Crippen LogP contribution in [-0.2, 0) is 0 Å². The van der Waals surface area contributed by atoms with Gasteiger partial charge in [0.15, 0.2) is 5.76 Å². The molecule has 0 aliphatic carbocycles. The van der Waals surface area contributed by atoms with Crippen molar-refractivity contribution in [2.45, 2.75) is 6.43 Å². The van der Waals surface area contributed by atoms with Crippen molar-refractivity contribution in [3.8, 4) is 0 Å². The fourth-order valence-electron chi connectivity index (χ4n) is 2.46. The molecular formula is C15H14F3N3O2. The van der Waals surface area contributed by atoms with E-state index in [1.165, 1.54) is 6.07 Å². The number of carbonyl (C=O) groups is 1. The molecule has 0 bridgehead atoms. The summed E-state index contributed by atoms with van der Waals surface area (Å²) in [5.74, 6) is -0.617. The summed E-state index contributed by atoms with van der Waals surface area (Å²) in [5, 5.41) is 0. The van der Waals surface area contributed by atoms with Gasteiger partial charge in [-0.3, -0.25) is 4.79 Å². The molecule has 5 nitrogen and oxygen atoms in total. The molecular weight excluding hydrogens is 311 g/mol. The molecule has 1 saturated heterocycles. The molecule has 1 amide bonds. The van der Waals surface area contributed by atoms with Gasteiger partial charge in [-0.1, -0.05) is 0 Å². The fraction of sp³-hybridized carbons (Fsp3) is 0.333. The van der Waals surface area contributed by atoms with Gasteiger partial charge in [0.25, 0.3) is 12.3 Å². The van der Waals surface area contributed by atoms with Crippen LogP contribution in [0.5, 0.6) is 0 Å². The number of furan rings is 1. The zero-order chi connectivity index (χ0) is 16.4. The van der Waals surface area contributed by atoms with Crippen LogP contribution in [0.25, 0.3) is 0 Å². The van der Waals surface area contributed by atoms with E-state index < -0.39 is 18.0 Å². The highest BCUT2D eigenvalue weighted by Gasteiger charge is 2.25. The van der Waals surface area contributed by atoms with Crippen molar-refractivity contribution in [2.24, 2.45) is 0 Å². The molecule has 1 fully saturated rings. The zero-order valence-corrected chi connectivity index (χ0v) is 12.1. The molecule has 0 saturated carbocycles. The lowest BCUT2D eigenvalue weighted by atomic mass is 10.2. The van der Waals surface area contributed by atoms with Gasteiger partial charge in [0.1, 0.15) is 17.9 Å². The smallest absolute Gasteiger partial charge is 0.295 e. The molecule has 0 aromatic carbocycles. The molecule has 8 heteroatoms. The molecule has 0 N–H and O–H groups in total. The van der Waals surface area contributed by atoms with E-state index in [9.17, 15) is 18.0 Å². The quantitative estimate of drug-likeness (QED) is 0.871. The Morgan fingerprint density at radius 3 is 2.52 bits per heavy atom. The van der Waals surface area contributed by atoms with E-state index in [1.54, 1.807) is 11.0 Å². The normalized spacial score (nSPS) is 15.3. The van der Waals surface area contributed by atoms with Crippen LogP contribution in [-0.4, -0.2) is 42.0 Å². The maximum Gasteiger partial charge on any atom is 0.295 e. The second-order valence-corrected chi connectivity index (χ2v) is 5.15. The van der Waals surface area contributed by atoms with Gasteiger partial charge in [0.05, 0.1) is 11.8 Å². The van der Waals surface area contributed by atoms with Crippen molar-refractivity contribution in [3.63, 3.8) is 0 Å². The minimum Gasteiger partial charge on any atom is -0.462 e. The molecule has 3 rings (SSSR count). The predicted molar refractivity (Wildman–Crippen MR) is 76.0 cm³/mol. The molecule has 0 unspecified atom stereocenters. The van der Waals surface area contributed by atoms with Crippen LogP contribution in [0.3, 0.4) is 0 Å². The van der Waals surface area contributed by atoms with E-state index in [1.807, 2.05) is 4.90 Å². The Morgan fingerprint density at radius 1 is 1.22 bits per heavy atom. The minimum absolute atomic E-state index is 0.119. The largest absolute Gasteiger partial charge is 0.462 e. The summed E-state index contributed by atoms with van der Waals surface area (Å²) in [6.07, 6.45) is -0.542. The van der Waals surface area contributed by atoms with E-state index in [2.05, 4.69) is 9.40 Å². The lowest BCUT2D eigenvalue weighted by Gasteiger charge is -2.35. The molecule has 1 aliphatic heterocycles. The lowest BCUT2D eigenvalue weighted by Crippen LogP contribution is -2.49. The number of hydrogen-bond donors (Lipinski definition) is 0. The summed E-state index contributed by atoms with van der Waals surface area (Å²) in [7, 11) is 0. The number of hydrogen-bond acceptors (Lipinski definition) is 4. The van der Waals surface area contributed by atoms with Gasteiger partial charge < -0.3 is 14.2 Å². The monoisotopic (exact) mass is 325 g/mol. The highest BCUT2D eigenvalue weighted by atomic mass is 19.3. The number of amides is 1. The Balaban J connectivity index is 1.61. The van der Waals surface area contributed by atoms with Gasteiger partial charge in [-0.2, -0.15) is 0 Å². The van der Waals surface area contributed by atoms with E-state index in [-0.39, 0.29) is 11.5 Å². The topological polar surface area (TPSA) is 49.6 Å². The second kappa shape index (κ2) is 6.31. The molecule has 0 spiro atoms. The summed E-state index contributed by atoms with van der Waals surface area (Å²) in [4.78, 5) is 19.8. The highest BCUT2D eigenvalue weighted by Crippen LogP contribution is 2.22. The first-order valence-electron chi connectivity index (χ1n) is 7.07. The van der Waals surface area contributed by atoms with Crippen LogP contribution >= 0.6 is 0 Å². The highest BCUT2D eigenvalue weighted by molar-refractivity contribution is 5.94. The third kappa shape index (κ3) is 3.30. The molecule has 23 heavy (non-hydrogen) atoms. The van der Waals surface area contributed by atoms with Gasteiger partial charge in [-0.25, -0.2) is 18.2 Å². The van der Waals surface area contributed by atoms with Gasteiger partial charge in [0.2, 0.25) is 0 Å². The number of carbonyl (C=O) groups excluding carboxylic acids is 1. The van der Waals surface area contributed by atoms with Crippen molar-refractivity contribution in [1.29, 1.82) is 0 Å². The van der Waals surface area contributed by atoms with E-state index in [4.69, 9.17) is 0 Å². The minimum atomic E-state index is -2.74. The Labute approximate surface area is 130 Å². The molecule has 3 heterocycles. The third-order valence-electron chi connectivity index (χ3n) is 3.68. The number of alkyl halides is 2. The molecule has 0 radical (unpaired) electrons. The average molecular weight is 325 g/mol. The van der Waals surface area contributed by atoms with Gasteiger partial charge >= 0.3 is 0 Å². The summed E-state index contributed by atoms with van der Waals surface area (Å²) in [6.45, 7) is 1.91. The number of rotatable bonds is 3. The number of halogens is 3. The van der Waals surface area contributed by atoms with Crippen molar-refractivity contribution in [2.75, 3.05) is 31.1 Å². The zero-order valence-electron chi connectivity index (χ0n) is 12.1. The Hall–Kier alpha value is -2.51. The number of pyridine rings is 1. The Morgan fingerprint density at radius 2 is 1.96 bits per heavy atom. The number of piperazine rings is 1. The van der Waals surface area contributed by atoms with Crippen LogP contribution in [0, 0.1) is 5.82 Å². The van der Waals surface area contributed by atoms with Gasteiger partial charge in [-0.05, 0) is 18.2 Å². The molecule has 122 valence electrons. The van der Waals surface area contributed by atoms with Crippen LogP contribution in [0.4, 0.5) is 19.0 Å². The first-order valence-corrected chi connectivity index (χ1v) is 7.07. The third-order valence-corrected chi connectivity index (χ3v) is 3.68. The fourth-order valence-corrected chi connectivity index (χ4v) is 2.46. The van der Waals surface area contributed by atoms with Crippen molar-refractivity contribution in [3.05, 3.63) is 47.8 Å². The Bertz CT molecular complexity index is 680. The van der Waals surface area contributed by atoms with E-state index in [0.29, 0.717) is 32.0 Å². The van der Waals surface area contributed by atoms with Crippen molar-refractivity contribution < 1.29 is 22.4 Å². The number of aromatic nitrogens is 1. The van der Waals surface area contributed by atoms with E-state index >= 15 is 0 Å². The first kappa shape index (κ1) is 15.4. The van der Waals surface area contributed by atoms with Crippen molar-refractivity contribution >= 4 is 11.7 Å². The van der Waals surface area contributed by atoms with Crippen LogP contribution in [0.2, 0.25) is 0 Å². The van der Waals surface area contributed by atoms with Crippen LogP contribution in [0.1, 0.15) is 22.5 Å². The molecule has 2 aromatic rings. The van der Waals surface area contributed by atoms with E-state index in [0.717, 1.165) is 18.5 Å². The van der Waals surface area contributed by atoms with Gasteiger partial charge in [-0.15, -0.1) is 0 Å². The van der Waals surface area contributed by atoms with Crippen LogP contribution < -0.4 is 4.90 Å². The molecule has 2 aromatic heterocycles. The number of nitrogens with zero attached hydrogens (tertiary/aromatic N) is 3. The summed E-state index contributed by atoms with van der Waals surface area (Å²) in [5.41, 5.74) is 0.119. The summed E-state index contributed by atoms with van der Waals surface area (Å²) in [6, 6.07) is 3.98. The average Bonchev–Trinajstić information content (AvgIpc) is 3.05. The lowest BCUT2D eigenvalue weighted by molar-refractivity contribution is 0.0745. The van der Waals surface area contributed by atoms with Crippen molar-refractivity contribution in [1.82, 2.24) is 9.88 Å². The van der Waals surface area contributed by atoms with Gasteiger partial charge in [0, 0.05) is 26.2 Å². The molecule has 0 atom stereocenters. The Kier molecular flexibility index (Phi) is 4.22. The standard InChI is InChI=1S/C15H14F3N3O2/c16-11-1-2-13(19-8-11)20-3-5-21(6-4-20)15(22)10-7-12(14(17)18)23-9-10/h1-2,7-9,14H,3-6H2. The predicted octanol–water partition coefficient (Wildman–Crippen LogP) is 2.71. The number of anilines is 1. The first-order chi connectivity index (χ1) is 11.0.